The molecule has 2 aromatic carbocycles. The number of sulfonamides is 1. The highest BCUT2D eigenvalue weighted by Crippen LogP contribution is 2.09. The predicted molar refractivity (Wildman–Crippen MR) is 74.8 cm³/mol. The third-order valence-electron chi connectivity index (χ3n) is 2.80. The molecule has 0 unspecified atom stereocenters. The first kappa shape index (κ1) is 14.6. The Morgan fingerprint density at radius 2 is 1.65 bits per heavy atom. The molecule has 0 fully saturated rings. The molecule has 3 N–H and O–H groups in total. The van der Waals surface area contributed by atoms with Gasteiger partial charge in [0.15, 0.2) is 0 Å². The van der Waals surface area contributed by atoms with Crippen molar-refractivity contribution in [3.63, 3.8) is 0 Å². The summed E-state index contributed by atoms with van der Waals surface area (Å²) in [5, 5.41) is 8.17. The summed E-state index contributed by atoms with van der Waals surface area (Å²) in [6.45, 7) is 1.09. The molecule has 0 spiro atoms. The summed E-state index contributed by atoms with van der Waals surface area (Å²) < 4.78 is 35.2. The number of nitrogens with one attached hydrogen (secondary N) is 1. The summed E-state index contributed by atoms with van der Waals surface area (Å²) in [5.74, 6) is -0.262. The van der Waals surface area contributed by atoms with Gasteiger partial charge in [-0.3, -0.25) is 0 Å². The second-order valence-electron chi connectivity index (χ2n) is 4.42. The Morgan fingerprint density at radius 1 is 1.00 bits per heavy atom. The molecule has 0 saturated heterocycles. The van der Waals surface area contributed by atoms with E-state index in [1.807, 2.05) is 6.07 Å². The van der Waals surface area contributed by atoms with Crippen LogP contribution in [-0.2, 0) is 23.1 Å². The molecule has 0 aromatic heterocycles. The van der Waals surface area contributed by atoms with Crippen LogP contribution in [0.3, 0.4) is 0 Å². The summed E-state index contributed by atoms with van der Waals surface area (Å²) >= 11 is 0. The van der Waals surface area contributed by atoms with Gasteiger partial charge in [-0.05, 0) is 35.4 Å². The predicted octanol–water partition coefficient (Wildman–Crippen LogP) is 1.76. The van der Waals surface area contributed by atoms with Gasteiger partial charge in [0.25, 0.3) is 0 Å². The van der Waals surface area contributed by atoms with Gasteiger partial charge < -0.3 is 5.32 Å². The number of rotatable bonds is 5. The van der Waals surface area contributed by atoms with Crippen molar-refractivity contribution in [1.29, 1.82) is 0 Å². The number of hydrogen-bond donors (Lipinski definition) is 2. The van der Waals surface area contributed by atoms with Gasteiger partial charge in [-0.25, -0.2) is 17.9 Å². The minimum Gasteiger partial charge on any atom is -0.309 e. The highest BCUT2D eigenvalue weighted by Gasteiger charge is 2.06. The van der Waals surface area contributed by atoms with E-state index in [2.05, 4.69) is 5.32 Å². The van der Waals surface area contributed by atoms with Gasteiger partial charge in [0, 0.05) is 13.1 Å². The maximum absolute atomic E-state index is 13.0. The Kier molecular flexibility index (Phi) is 4.49. The van der Waals surface area contributed by atoms with Gasteiger partial charge in [0.2, 0.25) is 10.0 Å². The van der Waals surface area contributed by atoms with E-state index in [4.69, 9.17) is 5.14 Å². The first-order valence-electron chi connectivity index (χ1n) is 6.02. The summed E-state index contributed by atoms with van der Waals surface area (Å²) in [6.07, 6.45) is 0. The minimum absolute atomic E-state index is 0.0892. The lowest BCUT2D eigenvalue weighted by Crippen LogP contribution is -2.14. The summed E-state index contributed by atoms with van der Waals surface area (Å²) in [6, 6.07) is 12.7. The normalized spacial score (nSPS) is 11.5. The highest BCUT2D eigenvalue weighted by atomic mass is 32.2. The second-order valence-corrected chi connectivity index (χ2v) is 5.98. The number of benzene rings is 2. The number of primary sulfonamides is 1. The molecular weight excluding hydrogens is 279 g/mol. The largest absolute Gasteiger partial charge is 0.309 e. The van der Waals surface area contributed by atoms with E-state index in [0.717, 1.165) is 11.1 Å². The Morgan fingerprint density at radius 3 is 2.25 bits per heavy atom. The standard InChI is InChI=1S/C14H15FN2O2S/c15-13-3-1-2-12(8-13)10-17-9-11-4-6-14(7-5-11)20(16,18)19/h1-8,17H,9-10H2,(H2,16,18,19). The van der Waals surface area contributed by atoms with Crippen LogP contribution in [0.1, 0.15) is 11.1 Å². The van der Waals surface area contributed by atoms with E-state index >= 15 is 0 Å². The Balaban J connectivity index is 1.92. The van der Waals surface area contributed by atoms with Gasteiger partial charge in [-0.1, -0.05) is 24.3 Å². The fourth-order valence-corrected chi connectivity index (χ4v) is 2.31. The molecule has 0 aliphatic carbocycles. The molecule has 2 aromatic rings. The quantitative estimate of drug-likeness (QED) is 0.882. The topological polar surface area (TPSA) is 72.2 Å². The molecule has 0 aliphatic heterocycles. The van der Waals surface area contributed by atoms with Crippen LogP contribution in [0.2, 0.25) is 0 Å². The van der Waals surface area contributed by atoms with Crippen LogP contribution in [-0.4, -0.2) is 8.42 Å². The van der Waals surface area contributed by atoms with Crippen molar-refractivity contribution in [2.24, 2.45) is 5.14 Å². The van der Waals surface area contributed by atoms with E-state index in [1.165, 1.54) is 24.3 Å². The Bertz CT molecular complexity index is 685. The van der Waals surface area contributed by atoms with Crippen molar-refractivity contribution >= 4 is 10.0 Å². The molecule has 20 heavy (non-hydrogen) atoms. The Hall–Kier alpha value is -1.76. The van der Waals surface area contributed by atoms with Crippen LogP contribution >= 0.6 is 0 Å². The van der Waals surface area contributed by atoms with Crippen LogP contribution in [0.5, 0.6) is 0 Å². The molecule has 4 nitrogen and oxygen atoms in total. The molecule has 106 valence electrons. The highest BCUT2D eigenvalue weighted by molar-refractivity contribution is 7.89. The zero-order valence-corrected chi connectivity index (χ0v) is 11.5. The fraction of sp³-hybridized carbons (Fsp3) is 0.143. The van der Waals surface area contributed by atoms with Gasteiger partial charge in [0.05, 0.1) is 4.90 Å². The third-order valence-corrected chi connectivity index (χ3v) is 3.73. The first-order chi connectivity index (χ1) is 9.45. The second kappa shape index (κ2) is 6.13. The van der Waals surface area contributed by atoms with Crippen molar-refractivity contribution in [2.45, 2.75) is 18.0 Å². The first-order valence-corrected chi connectivity index (χ1v) is 7.57. The van der Waals surface area contributed by atoms with Crippen LogP contribution < -0.4 is 10.5 Å². The van der Waals surface area contributed by atoms with Crippen molar-refractivity contribution in [3.05, 3.63) is 65.5 Å². The smallest absolute Gasteiger partial charge is 0.238 e. The van der Waals surface area contributed by atoms with Crippen LogP contribution in [0.4, 0.5) is 4.39 Å². The average Bonchev–Trinajstić information content (AvgIpc) is 2.38. The van der Waals surface area contributed by atoms with E-state index in [9.17, 15) is 12.8 Å². The van der Waals surface area contributed by atoms with Crippen molar-refractivity contribution < 1.29 is 12.8 Å². The lowest BCUT2D eigenvalue weighted by atomic mass is 10.2. The van der Waals surface area contributed by atoms with E-state index in [1.54, 1.807) is 18.2 Å². The molecule has 0 aliphatic rings. The molecule has 0 atom stereocenters. The molecule has 6 heteroatoms. The van der Waals surface area contributed by atoms with Gasteiger partial charge in [-0.2, -0.15) is 0 Å². The third kappa shape index (κ3) is 4.12. The summed E-state index contributed by atoms with van der Waals surface area (Å²) in [4.78, 5) is 0.0892. The lowest BCUT2D eigenvalue weighted by Gasteiger charge is -2.06. The lowest BCUT2D eigenvalue weighted by molar-refractivity contribution is 0.597. The maximum atomic E-state index is 13.0. The van der Waals surface area contributed by atoms with Crippen molar-refractivity contribution in [3.8, 4) is 0 Å². The van der Waals surface area contributed by atoms with Gasteiger partial charge in [-0.15, -0.1) is 0 Å². The molecule has 0 saturated carbocycles. The molecule has 0 amide bonds. The number of halogens is 1. The molecule has 0 bridgehead atoms. The zero-order valence-electron chi connectivity index (χ0n) is 10.7. The molecular formula is C14H15FN2O2S. The van der Waals surface area contributed by atoms with E-state index in [0.29, 0.717) is 13.1 Å². The molecule has 0 heterocycles. The van der Waals surface area contributed by atoms with E-state index < -0.39 is 10.0 Å². The fourth-order valence-electron chi connectivity index (χ4n) is 1.80. The maximum Gasteiger partial charge on any atom is 0.238 e. The van der Waals surface area contributed by atoms with Crippen molar-refractivity contribution in [1.82, 2.24) is 5.32 Å². The molecule has 0 radical (unpaired) electrons. The Labute approximate surface area is 117 Å². The van der Waals surface area contributed by atoms with Gasteiger partial charge >= 0.3 is 0 Å². The van der Waals surface area contributed by atoms with Crippen LogP contribution in [0, 0.1) is 5.82 Å². The van der Waals surface area contributed by atoms with Crippen LogP contribution in [0.25, 0.3) is 0 Å². The SMILES string of the molecule is NS(=O)(=O)c1ccc(CNCc2cccc(F)c2)cc1. The average molecular weight is 294 g/mol. The number of hydrogen-bond acceptors (Lipinski definition) is 3. The van der Waals surface area contributed by atoms with E-state index in [-0.39, 0.29) is 10.7 Å². The monoisotopic (exact) mass is 294 g/mol. The summed E-state index contributed by atoms with van der Waals surface area (Å²) in [5.41, 5.74) is 1.78. The van der Waals surface area contributed by atoms with Gasteiger partial charge in [0.1, 0.15) is 5.82 Å². The van der Waals surface area contributed by atoms with Crippen LogP contribution in [0.15, 0.2) is 53.4 Å². The summed E-state index contributed by atoms with van der Waals surface area (Å²) in [7, 11) is -3.65. The molecule has 2 rings (SSSR count). The zero-order chi connectivity index (χ0) is 14.6. The minimum atomic E-state index is -3.65. The number of nitrogens with two attached hydrogens (primary N) is 1. The van der Waals surface area contributed by atoms with Crippen molar-refractivity contribution in [2.75, 3.05) is 0 Å².